The molecule has 0 fully saturated rings. The van der Waals surface area contributed by atoms with Gasteiger partial charge in [0.15, 0.2) is 5.65 Å². The van der Waals surface area contributed by atoms with Crippen LogP contribution in [0.15, 0.2) is 73.2 Å². The molecule has 0 spiro atoms. The fraction of sp³-hybridized carbons (Fsp3) is 0.160. The van der Waals surface area contributed by atoms with E-state index in [1.54, 1.807) is 4.52 Å². The normalized spacial score (nSPS) is 12.1. The SMILES string of the molecule is COC(=O)[C@@H](NCc1nc(-c2cccc(C)n2)c(-c2ccc3ncnn3c2)[nH]1)c1ccccc1. The third kappa shape index (κ3) is 4.28. The summed E-state index contributed by atoms with van der Waals surface area (Å²) in [5, 5.41) is 7.51. The highest BCUT2D eigenvalue weighted by Crippen LogP contribution is 2.29. The van der Waals surface area contributed by atoms with E-state index in [4.69, 9.17) is 9.72 Å². The molecular weight excluding hydrogens is 430 g/mol. The predicted molar refractivity (Wildman–Crippen MR) is 127 cm³/mol. The molecule has 2 N–H and O–H groups in total. The maximum Gasteiger partial charge on any atom is 0.327 e. The van der Waals surface area contributed by atoms with Gasteiger partial charge in [0.25, 0.3) is 0 Å². The number of nitrogens with one attached hydrogen (secondary N) is 2. The van der Waals surface area contributed by atoms with Crippen molar-refractivity contribution in [3.63, 3.8) is 0 Å². The van der Waals surface area contributed by atoms with E-state index in [0.717, 1.165) is 33.9 Å². The van der Waals surface area contributed by atoms with Gasteiger partial charge in [0.1, 0.15) is 23.9 Å². The number of benzene rings is 1. The number of H-pyrrole nitrogens is 1. The Labute approximate surface area is 195 Å². The summed E-state index contributed by atoms with van der Waals surface area (Å²) in [6, 6.07) is 18.5. The van der Waals surface area contributed by atoms with Gasteiger partial charge in [-0.25, -0.2) is 19.3 Å². The number of ether oxygens (including phenoxy) is 1. The molecular formula is C25H23N7O2. The summed E-state index contributed by atoms with van der Waals surface area (Å²) in [7, 11) is 1.38. The first-order valence-corrected chi connectivity index (χ1v) is 10.8. The van der Waals surface area contributed by atoms with E-state index in [1.165, 1.54) is 13.4 Å². The Morgan fingerprint density at radius 3 is 2.74 bits per heavy atom. The number of aromatic amines is 1. The van der Waals surface area contributed by atoms with Crippen LogP contribution in [-0.4, -0.2) is 42.6 Å². The standard InChI is InChI=1S/C25H23N7O2/c1-16-7-6-10-19(29-16)24-22(18-11-12-21-27-15-28-32(21)14-18)30-20(31-24)13-26-23(25(33)34-2)17-8-4-3-5-9-17/h3-12,14-15,23,26H,13H2,1-2H3,(H,30,31)/t23-/m0/s1. The summed E-state index contributed by atoms with van der Waals surface area (Å²) in [6.07, 6.45) is 3.41. The van der Waals surface area contributed by atoms with Crippen molar-refractivity contribution in [2.24, 2.45) is 0 Å². The molecule has 5 rings (SSSR count). The maximum atomic E-state index is 12.4. The molecule has 0 aliphatic rings. The topological polar surface area (TPSA) is 110 Å². The van der Waals surface area contributed by atoms with Crippen LogP contribution in [0.3, 0.4) is 0 Å². The summed E-state index contributed by atoms with van der Waals surface area (Å²) >= 11 is 0. The lowest BCUT2D eigenvalue weighted by Crippen LogP contribution is -2.29. The minimum Gasteiger partial charge on any atom is -0.468 e. The number of esters is 1. The third-order valence-corrected chi connectivity index (χ3v) is 5.49. The highest BCUT2D eigenvalue weighted by Gasteiger charge is 2.22. The molecule has 4 aromatic heterocycles. The molecule has 0 aliphatic heterocycles. The number of rotatable bonds is 7. The molecule has 9 nitrogen and oxygen atoms in total. The average molecular weight is 454 g/mol. The monoisotopic (exact) mass is 453 g/mol. The van der Waals surface area contributed by atoms with Crippen LogP contribution in [0, 0.1) is 6.92 Å². The number of hydrogen-bond donors (Lipinski definition) is 2. The summed E-state index contributed by atoms with van der Waals surface area (Å²) in [5.41, 5.74) is 5.64. The predicted octanol–water partition coefficient (Wildman–Crippen LogP) is 3.49. The Morgan fingerprint density at radius 1 is 1.09 bits per heavy atom. The highest BCUT2D eigenvalue weighted by atomic mass is 16.5. The zero-order valence-corrected chi connectivity index (χ0v) is 18.8. The fourth-order valence-corrected chi connectivity index (χ4v) is 3.84. The van der Waals surface area contributed by atoms with Gasteiger partial charge in [-0.3, -0.25) is 10.3 Å². The molecule has 170 valence electrons. The molecule has 4 heterocycles. The largest absolute Gasteiger partial charge is 0.468 e. The average Bonchev–Trinajstić information content (AvgIpc) is 3.51. The molecule has 0 saturated heterocycles. The van der Waals surface area contributed by atoms with Crippen LogP contribution in [0.1, 0.15) is 23.1 Å². The van der Waals surface area contributed by atoms with Gasteiger partial charge in [-0.15, -0.1) is 0 Å². The van der Waals surface area contributed by atoms with Crippen LogP contribution < -0.4 is 5.32 Å². The van der Waals surface area contributed by atoms with Crippen molar-refractivity contribution in [1.29, 1.82) is 0 Å². The van der Waals surface area contributed by atoms with Crippen LogP contribution >= 0.6 is 0 Å². The number of imidazole rings is 1. The lowest BCUT2D eigenvalue weighted by atomic mass is 10.1. The van der Waals surface area contributed by atoms with Crippen LogP contribution in [0.2, 0.25) is 0 Å². The second kappa shape index (κ2) is 9.24. The third-order valence-electron chi connectivity index (χ3n) is 5.49. The van der Waals surface area contributed by atoms with E-state index >= 15 is 0 Å². The molecule has 0 amide bonds. The maximum absolute atomic E-state index is 12.4. The highest BCUT2D eigenvalue weighted by molar-refractivity contribution is 5.78. The Hall–Kier alpha value is -4.37. The number of nitrogens with zero attached hydrogens (tertiary/aromatic N) is 5. The van der Waals surface area contributed by atoms with Gasteiger partial charge in [-0.05, 0) is 36.8 Å². The number of carbonyl (C=O) groups is 1. The second-order valence-electron chi connectivity index (χ2n) is 7.80. The number of hydrogen-bond acceptors (Lipinski definition) is 7. The van der Waals surface area contributed by atoms with Gasteiger partial charge < -0.3 is 9.72 Å². The van der Waals surface area contributed by atoms with Crippen molar-refractivity contribution in [1.82, 2.24) is 34.9 Å². The van der Waals surface area contributed by atoms with Crippen LogP contribution in [0.4, 0.5) is 0 Å². The van der Waals surface area contributed by atoms with Crippen LogP contribution in [0.25, 0.3) is 28.3 Å². The van der Waals surface area contributed by atoms with Gasteiger partial charge in [0.2, 0.25) is 0 Å². The first-order valence-electron chi connectivity index (χ1n) is 10.8. The van der Waals surface area contributed by atoms with Gasteiger partial charge in [-0.2, -0.15) is 5.10 Å². The van der Waals surface area contributed by atoms with E-state index < -0.39 is 6.04 Å². The first-order chi connectivity index (χ1) is 16.6. The molecule has 34 heavy (non-hydrogen) atoms. The van der Waals surface area contributed by atoms with Gasteiger partial charge >= 0.3 is 5.97 Å². The summed E-state index contributed by atoms with van der Waals surface area (Å²) in [4.78, 5) is 29.6. The Balaban J connectivity index is 1.51. The lowest BCUT2D eigenvalue weighted by Gasteiger charge is -2.16. The molecule has 0 radical (unpaired) electrons. The Bertz CT molecular complexity index is 1440. The van der Waals surface area contributed by atoms with Crippen LogP contribution in [0.5, 0.6) is 0 Å². The second-order valence-corrected chi connectivity index (χ2v) is 7.80. The molecule has 1 aromatic carbocycles. The van der Waals surface area contributed by atoms with Crippen molar-refractivity contribution in [3.8, 4) is 22.6 Å². The van der Waals surface area contributed by atoms with E-state index in [1.807, 2.05) is 73.8 Å². The number of carbonyl (C=O) groups excluding carboxylic acids is 1. The smallest absolute Gasteiger partial charge is 0.327 e. The Kier molecular flexibility index (Phi) is 5.84. The van der Waals surface area contributed by atoms with Crippen molar-refractivity contribution < 1.29 is 9.53 Å². The molecule has 0 unspecified atom stereocenters. The molecule has 9 heteroatoms. The molecule has 1 atom stereocenters. The van der Waals surface area contributed by atoms with Crippen molar-refractivity contribution in [2.75, 3.05) is 7.11 Å². The molecule has 0 aliphatic carbocycles. The summed E-state index contributed by atoms with van der Waals surface area (Å²) < 4.78 is 6.72. The zero-order chi connectivity index (χ0) is 23.5. The van der Waals surface area contributed by atoms with E-state index in [2.05, 4.69) is 25.4 Å². The quantitative estimate of drug-likeness (QED) is 0.363. The number of fused-ring (bicyclic) bond motifs is 1. The zero-order valence-electron chi connectivity index (χ0n) is 18.8. The number of pyridine rings is 2. The van der Waals surface area contributed by atoms with Crippen molar-refractivity contribution in [3.05, 3.63) is 90.3 Å². The Morgan fingerprint density at radius 2 is 1.94 bits per heavy atom. The first kappa shape index (κ1) is 21.5. The number of methoxy groups -OCH3 is 1. The van der Waals surface area contributed by atoms with E-state index in [-0.39, 0.29) is 5.97 Å². The summed E-state index contributed by atoms with van der Waals surface area (Å²) in [6.45, 7) is 2.26. The van der Waals surface area contributed by atoms with Crippen molar-refractivity contribution in [2.45, 2.75) is 19.5 Å². The van der Waals surface area contributed by atoms with Gasteiger partial charge in [0, 0.05) is 17.5 Å². The van der Waals surface area contributed by atoms with E-state index in [9.17, 15) is 4.79 Å². The van der Waals surface area contributed by atoms with Crippen molar-refractivity contribution >= 4 is 11.6 Å². The van der Waals surface area contributed by atoms with Crippen LogP contribution in [-0.2, 0) is 16.1 Å². The lowest BCUT2D eigenvalue weighted by molar-refractivity contribution is -0.143. The van der Waals surface area contributed by atoms with Gasteiger partial charge in [-0.1, -0.05) is 36.4 Å². The van der Waals surface area contributed by atoms with Gasteiger partial charge in [0.05, 0.1) is 25.0 Å². The number of aromatic nitrogens is 6. The molecule has 5 aromatic rings. The fourth-order valence-electron chi connectivity index (χ4n) is 3.84. The summed E-state index contributed by atoms with van der Waals surface area (Å²) in [5.74, 6) is 0.298. The minimum atomic E-state index is -0.619. The number of aryl methyl sites for hydroxylation is 1. The molecule has 0 saturated carbocycles. The minimum absolute atomic E-state index is 0.318. The van der Waals surface area contributed by atoms with E-state index in [0.29, 0.717) is 18.1 Å². The molecule has 0 bridgehead atoms.